The minimum atomic E-state index is -1.04. The molecular formula is C17H15Cl2NO3. The predicted molar refractivity (Wildman–Crippen MR) is 91.4 cm³/mol. The summed E-state index contributed by atoms with van der Waals surface area (Å²) in [6.45, 7) is 1.78. The lowest BCUT2D eigenvalue weighted by atomic mass is 10.00. The molecule has 0 aliphatic rings. The Labute approximate surface area is 144 Å². The molecule has 120 valence electrons. The molecule has 0 heterocycles. The van der Waals surface area contributed by atoms with Gasteiger partial charge in [0.2, 0.25) is 5.91 Å². The lowest BCUT2D eigenvalue weighted by Crippen LogP contribution is -2.22. The average molecular weight is 352 g/mol. The highest BCUT2D eigenvalue weighted by Crippen LogP contribution is 2.24. The first-order valence-corrected chi connectivity index (χ1v) is 7.70. The highest BCUT2D eigenvalue weighted by Gasteiger charge is 2.16. The summed E-state index contributed by atoms with van der Waals surface area (Å²) in [4.78, 5) is 23.2. The molecule has 0 fully saturated rings. The van der Waals surface area contributed by atoms with Crippen molar-refractivity contribution in [2.24, 2.45) is 5.92 Å². The van der Waals surface area contributed by atoms with Crippen molar-refractivity contribution in [2.75, 3.05) is 5.32 Å². The third-order valence-electron chi connectivity index (χ3n) is 3.37. The number of carbonyl (C=O) groups is 2. The summed E-state index contributed by atoms with van der Waals surface area (Å²) in [6, 6.07) is 11.3. The van der Waals surface area contributed by atoms with Crippen LogP contribution in [0.5, 0.6) is 0 Å². The van der Waals surface area contributed by atoms with Crippen molar-refractivity contribution in [1.82, 2.24) is 0 Å². The van der Waals surface area contributed by atoms with Gasteiger partial charge in [-0.1, -0.05) is 42.3 Å². The molecule has 23 heavy (non-hydrogen) atoms. The van der Waals surface area contributed by atoms with E-state index in [0.717, 1.165) is 5.56 Å². The van der Waals surface area contributed by atoms with Gasteiger partial charge < -0.3 is 10.4 Å². The Bertz CT molecular complexity index is 746. The lowest BCUT2D eigenvalue weighted by molar-refractivity contribution is -0.119. The van der Waals surface area contributed by atoms with Crippen LogP contribution in [0.25, 0.3) is 0 Å². The summed E-state index contributed by atoms with van der Waals surface area (Å²) in [5.41, 5.74) is 1.40. The monoisotopic (exact) mass is 351 g/mol. The number of amides is 1. The first-order chi connectivity index (χ1) is 10.9. The van der Waals surface area contributed by atoms with E-state index in [-0.39, 0.29) is 17.4 Å². The van der Waals surface area contributed by atoms with Crippen LogP contribution in [0.1, 0.15) is 22.8 Å². The molecule has 0 aromatic heterocycles. The summed E-state index contributed by atoms with van der Waals surface area (Å²) in [7, 11) is 0. The maximum absolute atomic E-state index is 12.2. The van der Waals surface area contributed by atoms with E-state index in [2.05, 4.69) is 5.32 Å². The van der Waals surface area contributed by atoms with Crippen LogP contribution in [-0.2, 0) is 11.2 Å². The van der Waals surface area contributed by atoms with E-state index < -0.39 is 5.97 Å². The van der Waals surface area contributed by atoms with Gasteiger partial charge in [-0.3, -0.25) is 4.79 Å². The van der Waals surface area contributed by atoms with E-state index in [1.54, 1.807) is 37.3 Å². The molecule has 2 N–H and O–H groups in total. The molecule has 0 aliphatic heterocycles. The second kappa shape index (κ2) is 7.49. The molecular weight excluding hydrogens is 337 g/mol. The third kappa shape index (κ3) is 4.71. The van der Waals surface area contributed by atoms with Crippen LogP contribution in [0, 0.1) is 5.92 Å². The lowest BCUT2D eigenvalue weighted by Gasteiger charge is -2.13. The fourth-order valence-corrected chi connectivity index (χ4v) is 2.59. The fraction of sp³-hybridized carbons (Fsp3) is 0.176. The number of carbonyl (C=O) groups excluding carboxylic acids is 1. The molecule has 0 spiro atoms. The van der Waals surface area contributed by atoms with Gasteiger partial charge in [0.15, 0.2) is 0 Å². The Balaban J connectivity index is 2.05. The second-order valence-corrected chi connectivity index (χ2v) is 6.06. The zero-order valence-electron chi connectivity index (χ0n) is 12.3. The van der Waals surface area contributed by atoms with Gasteiger partial charge in [0, 0.05) is 21.7 Å². The van der Waals surface area contributed by atoms with Crippen LogP contribution in [0.3, 0.4) is 0 Å². The summed E-state index contributed by atoms with van der Waals surface area (Å²) < 4.78 is 0. The van der Waals surface area contributed by atoms with Gasteiger partial charge in [0.25, 0.3) is 0 Å². The number of nitrogens with one attached hydrogen (secondary N) is 1. The molecule has 0 aliphatic carbocycles. The van der Waals surface area contributed by atoms with Crippen LogP contribution in [0.15, 0.2) is 42.5 Å². The largest absolute Gasteiger partial charge is 0.478 e. The van der Waals surface area contributed by atoms with E-state index in [4.69, 9.17) is 28.3 Å². The molecule has 2 rings (SSSR count). The van der Waals surface area contributed by atoms with E-state index in [1.165, 1.54) is 12.1 Å². The number of anilines is 1. The number of benzene rings is 2. The highest BCUT2D eigenvalue weighted by molar-refractivity contribution is 6.35. The fourth-order valence-electron chi connectivity index (χ4n) is 2.11. The molecule has 1 atom stereocenters. The summed E-state index contributed by atoms with van der Waals surface area (Å²) in [6.07, 6.45) is 0.459. The Kier molecular flexibility index (Phi) is 5.64. The first kappa shape index (κ1) is 17.3. The van der Waals surface area contributed by atoms with Gasteiger partial charge in [-0.25, -0.2) is 4.79 Å². The molecule has 0 bridgehead atoms. The normalized spacial score (nSPS) is 11.8. The van der Waals surface area contributed by atoms with Crippen molar-refractivity contribution in [3.63, 3.8) is 0 Å². The Morgan fingerprint density at radius 3 is 2.57 bits per heavy atom. The van der Waals surface area contributed by atoms with Gasteiger partial charge in [0.05, 0.1) is 5.56 Å². The van der Waals surface area contributed by atoms with Crippen molar-refractivity contribution >= 4 is 40.8 Å². The van der Waals surface area contributed by atoms with Crippen molar-refractivity contribution in [3.05, 3.63) is 63.6 Å². The van der Waals surface area contributed by atoms with Gasteiger partial charge in [-0.05, 0) is 42.3 Å². The maximum Gasteiger partial charge on any atom is 0.335 e. The Hall–Kier alpha value is -2.04. The van der Waals surface area contributed by atoms with Gasteiger partial charge in [0.1, 0.15) is 0 Å². The standard InChI is InChI=1S/C17H15Cl2NO3/c1-10(7-11-5-6-13(18)9-15(11)19)16(21)20-14-4-2-3-12(8-14)17(22)23/h2-6,8-10H,7H2,1H3,(H,20,21)(H,22,23). The topological polar surface area (TPSA) is 66.4 Å². The Morgan fingerprint density at radius 2 is 1.91 bits per heavy atom. The van der Waals surface area contributed by atoms with Crippen LogP contribution >= 0.6 is 23.2 Å². The number of rotatable bonds is 5. The molecule has 1 amide bonds. The zero-order chi connectivity index (χ0) is 17.0. The number of carboxylic acids is 1. The maximum atomic E-state index is 12.2. The number of hydrogen-bond acceptors (Lipinski definition) is 2. The molecule has 2 aromatic carbocycles. The SMILES string of the molecule is CC(Cc1ccc(Cl)cc1Cl)C(=O)Nc1cccc(C(=O)O)c1. The van der Waals surface area contributed by atoms with Crippen molar-refractivity contribution < 1.29 is 14.7 Å². The summed E-state index contributed by atoms with van der Waals surface area (Å²) in [5, 5.41) is 12.7. The van der Waals surface area contributed by atoms with Crippen molar-refractivity contribution in [3.8, 4) is 0 Å². The number of carboxylic acid groups (broad SMARTS) is 1. The van der Waals surface area contributed by atoms with E-state index >= 15 is 0 Å². The van der Waals surface area contributed by atoms with Crippen LogP contribution in [0.2, 0.25) is 10.0 Å². The van der Waals surface area contributed by atoms with E-state index in [9.17, 15) is 9.59 Å². The second-order valence-electron chi connectivity index (χ2n) is 5.22. The first-order valence-electron chi connectivity index (χ1n) is 6.95. The van der Waals surface area contributed by atoms with Crippen LogP contribution in [-0.4, -0.2) is 17.0 Å². The number of hydrogen-bond donors (Lipinski definition) is 2. The van der Waals surface area contributed by atoms with Crippen molar-refractivity contribution in [1.29, 1.82) is 0 Å². The predicted octanol–water partition coefficient (Wildman–Crippen LogP) is 4.51. The number of aromatic carboxylic acids is 1. The Morgan fingerprint density at radius 1 is 1.17 bits per heavy atom. The van der Waals surface area contributed by atoms with Crippen LogP contribution < -0.4 is 5.32 Å². The molecule has 1 unspecified atom stereocenters. The molecule has 0 saturated heterocycles. The van der Waals surface area contributed by atoms with Gasteiger partial charge in [-0.15, -0.1) is 0 Å². The van der Waals surface area contributed by atoms with Gasteiger partial charge in [-0.2, -0.15) is 0 Å². The average Bonchev–Trinajstić information content (AvgIpc) is 2.50. The quantitative estimate of drug-likeness (QED) is 0.832. The number of halogens is 2. The van der Waals surface area contributed by atoms with E-state index in [1.807, 2.05) is 0 Å². The minimum Gasteiger partial charge on any atom is -0.478 e. The van der Waals surface area contributed by atoms with Gasteiger partial charge >= 0.3 is 5.97 Å². The molecule has 4 nitrogen and oxygen atoms in total. The minimum absolute atomic E-state index is 0.121. The summed E-state index contributed by atoms with van der Waals surface area (Å²) >= 11 is 12.0. The van der Waals surface area contributed by atoms with Crippen molar-refractivity contribution in [2.45, 2.75) is 13.3 Å². The highest BCUT2D eigenvalue weighted by atomic mass is 35.5. The molecule has 0 saturated carbocycles. The smallest absolute Gasteiger partial charge is 0.335 e. The third-order valence-corrected chi connectivity index (χ3v) is 3.95. The van der Waals surface area contributed by atoms with E-state index in [0.29, 0.717) is 22.2 Å². The summed E-state index contributed by atoms with van der Waals surface area (Å²) in [5.74, 6) is -1.58. The molecule has 6 heteroatoms. The molecule has 2 aromatic rings. The molecule has 0 radical (unpaired) electrons. The zero-order valence-corrected chi connectivity index (χ0v) is 13.9. The van der Waals surface area contributed by atoms with Crippen LogP contribution in [0.4, 0.5) is 5.69 Å².